The predicted octanol–water partition coefficient (Wildman–Crippen LogP) is -0.527. The first-order chi connectivity index (χ1) is 3.92. The molecule has 0 aromatic heterocycles. The van der Waals surface area contributed by atoms with Crippen LogP contribution in [0.15, 0.2) is 11.5 Å². The highest BCUT2D eigenvalue weighted by atomic mass is 32.2. The smallest absolute Gasteiger partial charge is 0.329 e. The van der Waals surface area contributed by atoms with E-state index in [0.29, 0.717) is 6.08 Å². The van der Waals surface area contributed by atoms with Crippen LogP contribution >= 0.6 is 0 Å². The van der Waals surface area contributed by atoms with Crippen LogP contribution in [0.4, 0.5) is 0 Å². The number of carboxylic acids is 1. The molecule has 0 amide bonds. The Morgan fingerprint density at radius 2 is 1.89 bits per heavy atom. The van der Waals surface area contributed by atoms with Gasteiger partial charge in [0.15, 0.2) is 0 Å². The quantitative estimate of drug-likeness (QED) is 0.410. The molecular weight excluding hydrogens is 148 g/mol. The average molecular weight is 152 g/mol. The highest BCUT2D eigenvalue weighted by Gasteiger charge is 1.96. The average Bonchev–Trinajstić information content (AvgIpc) is 1.59. The summed E-state index contributed by atoms with van der Waals surface area (Å²) in [4.78, 5) is 9.58. The maximum Gasteiger partial charge on any atom is 0.329 e. The van der Waals surface area contributed by atoms with Gasteiger partial charge in [-0.05, 0) is 0 Å². The first-order valence-electron chi connectivity index (χ1n) is 1.80. The van der Waals surface area contributed by atoms with Gasteiger partial charge in [0, 0.05) is 6.08 Å². The zero-order valence-electron chi connectivity index (χ0n) is 4.18. The number of carbonyl (C=O) groups is 1. The molecule has 0 aliphatic heterocycles. The van der Waals surface area contributed by atoms with Gasteiger partial charge >= 0.3 is 5.97 Å². The molecule has 0 fully saturated rings. The molecule has 0 heterocycles. The van der Waals surface area contributed by atoms with Gasteiger partial charge in [-0.1, -0.05) is 0 Å². The molecule has 0 rings (SSSR count). The van der Waals surface area contributed by atoms with Gasteiger partial charge in [0.05, 0.1) is 5.41 Å². The van der Waals surface area contributed by atoms with E-state index in [1.54, 1.807) is 0 Å². The van der Waals surface area contributed by atoms with Crippen molar-refractivity contribution in [1.29, 1.82) is 0 Å². The largest absolute Gasteiger partial charge is 0.478 e. The molecular formula is C3H4O5S. The number of carboxylic acid groups (broad SMARTS) is 1. The molecule has 0 radical (unpaired) electrons. The minimum absolute atomic E-state index is 0.190. The maximum absolute atomic E-state index is 9.74. The van der Waals surface area contributed by atoms with Crippen LogP contribution in [0.2, 0.25) is 0 Å². The van der Waals surface area contributed by atoms with Crippen LogP contribution in [0.25, 0.3) is 0 Å². The third-order valence-corrected chi connectivity index (χ3v) is 0.863. The summed E-state index contributed by atoms with van der Waals surface area (Å²) >= 11 is 0. The molecule has 0 spiro atoms. The lowest BCUT2D eigenvalue weighted by atomic mass is 10.7. The second-order valence-electron chi connectivity index (χ2n) is 1.16. The molecule has 9 heavy (non-hydrogen) atoms. The van der Waals surface area contributed by atoms with Crippen LogP contribution in [0, 0.1) is 0 Å². The fraction of sp³-hybridized carbons (Fsp3) is 0. The summed E-state index contributed by atoms with van der Waals surface area (Å²) in [6, 6.07) is 0. The summed E-state index contributed by atoms with van der Waals surface area (Å²) in [5, 5.41) is 8.00. The van der Waals surface area contributed by atoms with Crippen LogP contribution in [-0.4, -0.2) is 24.0 Å². The van der Waals surface area contributed by atoms with Crippen LogP contribution < -0.4 is 0 Å². The number of hydrogen-bond donors (Lipinski definition) is 2. The first-order valence-corrected chi connectivity index (χ1v) is 3.30. The highest BCUT2D eigenvalue weighted by Crippen LogP contribution is 1.82. The summed E-state index contributed by atoms with van der Waals surface area (Å²) in [7, 11) is -4.28. The molecule has 52 valence electrons. The normalized spacial score (nSPS) is 12.1. The summed E-state index contributed by atoms with van der Waals surface area (Å²) in [5.74, 6) is -1.42. The van der Waals surface area contributed by atoms with E-state index in [4.69, 9.17) is 9.66 Å². The Bertz CT molecular complexity index is 223. The van der Waals surface area contributed by atoms with E-state index in [1.165, 1.54) is 0 Å². The van der Waals surface area contributed by atoms with Crippen molar-refractivity contribution in [3.63, 3.8) is 0 Å². The van der Waals surface area contributed by atoms with Crippen LogP contribution in [0.3, 0.4) is 0 Å². The van der Waals surface area contributed by atoms with Crippen molar-refractivity contribution < 1.29 is 22.9 Å². The molecule has 0 bridgehead atoms. The van der Waals surface area contributed by atoms with Crippen molar-refractivity contribution in [2.45, 2.75) is 0 Å². The maximum atomic E-state index is 9.74. The number of hydrogen-bond acceptors (Lipinski definition) is 3. The number of aliphatic carboxylic acids is 1. The molecule has 0 saturated heterocycles. The lowest BCUT2D eigenvalue weighted by Gasteiger charge is -1.79. The lowest BCUT2D eigenvalue weighted by molar-refractivity contribution is -0.131. The monoisotopic (exact) mass is 152 g/mol. The topological polar surface area (TPSA) is 91.7 Å². The Hall–Kier alpha value is -0.880. The number of rotatable bonds is 2. The van der Waals surface area contributed by atoms with Gasteiger partial charge in [0.25, 0.3) is 10.1 Å². The fourth-order valence-corrected chi connectivity index (χ4v) is 0.433. The molecule has 2 N–H and O–H groups in total. The SMILES string of the molecule is O=C(O)/C=C\S(=O)(=O)O. The van der Waals surface area contributed by atoms with Crippen molar-refractivity contribution >= 4 is 16.1 Å². The molecule has 6 heteroatoms. The van der Waals surface area contributed by atoms with E-state index >= 15 is 0 Å². The van der Waals surface area contributed by atoms with Crippen LogP contribution in [-0.2, 0) is 14.9 Å². The summed E-state index contributed by atoms with van der Waals surface area (Å²) in [6.07, 6.45) is 0.329. The van der Waals surface area contributed by atoms with Gasteiger partial charge < -0.3 is 5.11 Å². The molecule has 0 aliphatic carbocycles. The van der Waals surface area contributed by atoms with Crippen LogP contribution in [0.1, 0.15) is 0 Å². The predicted molar refractivity (Wildman–Crippen MR) is 28.3 cm³/mol. The Balaban J connectivity index is 4.21. The minimum Gasteiger partial charge on any atom is -0.478 e. The minimum atomic E-state index is -4.28. The third kappa shape index (κ3) is 7.12. The van der Waals surface area contributed by atoms with Gasteiger partial charge in [-0.3, -0.25) is 4.55 Å². The van der Waals surface area contributed by atoms with Gasteiger partial charge in [-0.15, -0.1) is 0 Å². The van der Waals surface area contributed by atoms with Gasteiger partial charge in [-0.2, -0.15) is 8.42 Å². The molecule has 0 aliphatic rings. The standard InChI is InChI=1S/C3H4O5S/c4-3(5)1-2-9(6,7)8/h1-2H,(H,4,5)(H,6,7,8)/b2-1-. The van der Waals surface area contributed by atoms with E-state index in [1.807, 2.05) is 0 Å². The van der Waals surface area contributed by atoms with Gasteiger partial charge in [0.2, 0.25) is 0 Å². The lowest BCUT2D eigenvalue weighted by Crippen LogP contribution is -1.93. The van der Waals surface area contributed by atoms with Crippen molar-refractivity contribution in [2.75, 3.05) is 0 Å². The molecule has 0 aromatic rings. The van der Waals surface area contributed by atoms with E-state index in [2.05, 4.69) is 0 Å². The van der Waals surface area contributed by atoms with Gasteiger partial charge in [0.1, 0.15) is 0 Å². The summed E-state index contributed by atoms with van der Waals surface area (Å²) in [5.41, 5.74) is 0. The Kier molecular flexibility index (Phi) is 2.35. The van der Waals surface area contributed by atoms with Gasteiger partial charge in [-0.25, -0.2) is 4.79 Å². The van der Waals surface area contributed by atoms with Crippen molar-refractivity contribution in [2.24, 2.45) is 0 Å². The summed E-state index contributed by atoms with van der Waals surface area (Å²) in [6.45, 7) is 0. The third-order valence-electron chi connectivity index (χ3n) is 0.383. The Morgan fingerprint density at radius 3 is 2.00 bits per heavy atom. The molecule has 5 nitrogen and oxygen atoms in total. The zero-order chi connectivity index (χ0) is 7.49. The van der Waals surface area contributed by atoms with E-state index < -0.39 is 16.1 Å². The molecule has 0 aromatic carbocycles. The second-order valence-corrected chi connectivity index (χ2v) is 2.46. The molecule has 0 saturated carbocycles. The van der Waals surface area contributed by atoms with Crippen molar-refractivity contribution in [3.8, 4) is 0 Å². The fourth-order valence-electron chi connectivity index (χ4n) is 0.144. The zero-order valence-corrected chi connectivity index (χ0v) is 5.00. The Labute approximate surface area is 51.4 Å². The molecule has 0 unspecified atom stereocenters. The first kappa shape index (κ1) is 8.12. The van der Waals surface area contributed by atoms with Crippen LogP contribution in [0.5, 0.6) is 0 Å². The van der Waals surface area contributed by atoms with Crippen molar-refractivity contribution in [3.05, 3.63) is 11.5 Å². The van der Waals surface area contributed by atoms with E-state index in [0.717, 1.165) is 0 Å². The molecule has 0 atom stereocenters. The Morgan fingerprint density at radius 1 is 1.44 bits per heavy atom. The second kappa shape index (κ2) is 2.60. The van der Waals surface area contributed by atoms with E-state index in [-0.39, 0.29) is 5.41 Å². The summed E-state index contributed by atoms with van der Waals surface area (Å²) < 4.78 is 27.4. The highest BCUT2D eigenvalue weighted by molar-refractivity contribution is 7.88. The van der Waals surface area contributed by atoms with Crippen molar-refractivity contribution in [1.82, 2.24) is 0 Å². The van der Waals surface area contributed by atoms with E-state index in [9.17, 15) is 13.2 Å².